The average molecular weight is 607 g/mol. The number of sulfone groups is 2. The van der Waals surface area contributed by atoms with Gasteiger partial charge < -0.3 is 9.64 Å². The van der Waals surface area contributed by atoms with Crippen LogP contribution in [0, 0.1) is 5.92 Å². The third kappa shape index (κ3) is 5.83. The number of piperidine rings is 1. The van der Waals surface area contributed by atoms with Crippen LogP contribution in [0.5, 0.6) is 5.75 Å². The molecule has 2 fully saturated rings. The molecule has 0 spiro atoms. The first-order chi connectivity index (χ1) is 18.5. The Hall–Kier alpha value is -2.74. The van der Waals surface area contributed by atoms with Crippen molar-refractivity contribution in [3.63, 3.8) is 0 Å². The van der Waals surface area contributed by atoms with Crippen LogP contribution in [0.1, 0.15) is 62.5 Å². The zero-order valence-electron chi connectivity index (χ0n) is 22.1. The lowest BCUT2D eigenvalue weighted by Gasteiger charge is -2.40. The molecule has 1 aliphatic carbocycles. The molecule has 2 aromatic rings. The number of ether oxygens (including phenoxy) is 1. The minimum atomic E-state index is -4.04. The first kappa shape index (κ1) is 30.2. The predicted octanol–water partition coefficient (Wildman–Crippen LogP) is 4.84. The first-order valence-corrected chi connectivity index (χ1v) is 15.7. The van der Waals surface area contributed by atoms with Gasteiger partial charge in [0.15, 0.2) is 19.7 Å². The quantitative estimate of drug-likeness (QED) is 0.376. The van der Waals surface area contributed by atoms with Crippen molar-refractivity contribution in [3.05, 3.63) is 47.8 Å². The number of amides is 1. The lowest BCUT2D eigenvalue weighted by Crippen LogP contribution is -2.48. The number of hydrogen-bond donors (Lipinski definition) is 0. The molecule has 0 radical (unpaired) electrons. The molecule has 1 aliphatic heterocycles. The Morgan fingerprint density at radius 3 is 2.20 bits per heavy atom. The van der Waals surface area contributed by atoms with Crippen LogP contribution >= 0.6 is 0 Å². The van der Waals surface area contributed by atoms with E-state index in [0.29, 0.717) is 19.8 Å². The van der Waals surface area contributed by atoms with Crippen molar-refractivity contribution in [2.24, 2.45) is 5.92 Å². The molecule has 1 amide bonds. The minimum absolute atomic E-state index is 0.0767. The number of pyridine rings is 1. The molecule has 1 saturated carbocycles. The normalized spacial score (nSPS) is 17.8. The summed E-state index contributed by atoms with van der Waals surface area (Å²) in [7, 11) is -8.06. The van der Waals surface area contributed by atoms with Crippen LogP contribution in [0.15, 0.2) is 46.3 Å². The van der Waals surface area contributed by atoms with Crippen LogP contribution < -0.4 is 4.74 Å². The number of nitrogens with zero attached hydrogens (tertiary/aromatic N) is 2. The number of hydrogen-bond acceptors (Lipinski definition) is 7. The van der Waals surface area contributed by atoms with Crippen molar-refractivity contribution in [2.45, 2.75) is 78.8 Å². The highest BCUT2D eigenvalue weighted by atomic mass is 32.2. The lowest BCUT2D eigenvalue weighted by molar-refractivity contribution is -0.0500. The van der Waals surface area contributed by atoms with Gasteiger partial charge in [0.25, 0.3) is 11.8 Å². The summed E-state index contributed by atoms with van der Waals surface area (Å²) in [5, 5.41) is -0.747. The Kier molecular flexibility index (Phi) is 8.00. The van der Waals surface area contributed by atoms with Crippen LogP contribution in [-0.4, -0.2) is 62.3 Å². The van der Waals surface area contributed by atoms with Crippen LogP contribution in [0.3, 0.4) is 0 Å². The van der Waals surface area contributed by atoms with Crippen molar-refractivity contribution in [3.8, 4) is 5.75 Å². The maximum Gasteiger partial charge on any atom is 0.387 e. The molecule has 14 heteroatoms. The second-order valence-corrected chi connectivity index (χ2v) is 15.5. The van der Waals surface area contributed by atoms with E-state index in [1.165, 1.54) is 36.9 Å². The van der Waals surface area contributed by atoms with Gasteiger partial charge in [-0.1, -0.05) is 6.07 Å². The minimum Gasteiger partial charge on any atom is -0.435 e. The van der Waals surface area contributed by atoms with Gasteiger partial charge in [0.05, 0.1) is 19.8 Å². The molecule has 220 valence electrons. The third-order valence-corrected chi connectivity index (χ3v) is 12.5. The Balaban J connectivity index is 1.55. The monoisotopic (exact) mass is 606 g/mol. The van der Waals surface area contributed by atoms with Gasteiger partial charge in [0.1, 0.15) is 11.4 Å². The molecular weight excluding hydrogens is 576 g/mol. The molecule has 1 aromatic heterocycles. The van der Waals surface area contributed by atoms with Crippen molar-refractivity contribution in [2.75, 3.05) is 13.1 Å². The van der Waals surface area contributed by atoms with E-state index in [-0.39, 0.29) is 36.6 Å². The second-order valence-electron chi connectivity index (χ2n) is 10.7. The molecule has 40 heavy (non-hydrogen) atoms. The van der Waals surface area contributed by atoms with E-state index in [1.54, 1.807) is 0 Å². The number of carbonyl (C=O) groups is 1. The topological polar surface area (TPSA) is 111 Å². The second kappa shape index (κ2) is 10.6. The van der Waals surface area contributed by atoms with E-state index < -0.39 is 70.2 Å². The van der Waals surface area contributed by atoms with Gasteiger partial charge in [-0.2, -0.15) is 8.78 Å². The van der Waals surface area contributed by atoms with Gasteiger partial charge in [-0.25, -0.2) is 30.6 Å². The van der Waals surface area contributed by atoms with Crippen LogP contribution in [-0.2, 0) is 25.6 Å². The smallest absolute Gasteiger partial charge is 0.387 e. The number of aromatic nitrogens is 1. The maximum absolute atomic E-state index is 14.0. The standard InChI is InChI=1S/C26H30F4N2O6S2/c1-25(2,40(36,37)20-6-4-5-18(14-20)38-24(27)28)16-9-11-32(12-10-16)23(33)22-21(39(34,35)19-7-8-19)13-17(15-31-22)26(3,29)30/h4-6,13-16,19,24H,7-12H2,1-3H3. The van der Waals surface area contributed by atoms with Crippen molar-refractivity contribution < 1.29 is 43.9 Å². The maximum atomic E-state index is 14.0. The summed E-state index contributed by atoms with van der Waals surface area (Å²) in [6.45, 7) is 0.701. The molecule has 0 bridgehead atoms. The van der Waals surface area contributed by atoms with Gasteiger partial charge in [-0.3, -0.25) is 4.79 Å². The number of alkyl halides is 4. The molecule has 0 N–H and O–H groups in total. The molecule has 4 rings (SSSR count). The largest absolute Gasteiger partial charge is 0.435 e. The van der Waals surface area contributed by atoms with E-state index in [4.69, 9.17) is 0 Å². The molecule has 1 saturated heterocycles. The molecular formula is C26H30F4N2O6S2. The molecule has 0 unspecified atom stereocenters. The van der Waals surface area contributed by atoms with Gasteiger partial charge in [0, 0.05) is 31.8 Å². The van der Waals surface area contributed by atoms with Crippen molar-refractivity contribution in [1.29, 1.82) is 0 Å². The number of benzene rings is 1. The molecule has 0 atom stereocenters. The number of likely N-dealkylation sites (tertiary alicyclic amines) is 1. The highest BCUT2D eigenvalue weighted by Crippen LogP contribution is 2.40. The number of halogens is 4. The highest BCUT2D eigenvalue weighted by Gasteiger charge is 2.45. The first-order valence-electron chi connectivity index (χ1n) is 12.7. The van der Waals surface area contributed by atoms with Crippen LogP contribution in [0.2, 0.25) is 0 Å². The van der Waals surface area contributed by atoms with Gasteiger partial charge in [0.2, 0.25) is 0 Å². The average Bonchev–Trinajstić information content (AvgIpc) is 3.73. The molecule has 2 aliphatic rings. The van der Waals surface area contributed by atoms with E-state index in [0.717, 1.165) is 18.3 Å². The fourth-order valence-corrected chi connectivity index (χ4v) is 8.52. The Bertz CT molecular complexity index is 1500. The molecule has 8 nitrogen and oxygen atoms in total. The van der Waals surface area contributed by atoms with Crippen molar-refractivity contribution in [1.82, 2.24) is 9.88 Å². The van der Waals surface area contributed by atoms with E-state index in [2.05, 4.69) is 9.72 Å². The SMILES string of the molecule is CC(F)(F)c1cnc(C(=O)N2CCC(C(C)(C)S(=O)(=O)c3cccc(OC(F)F)c3)CC2)c(S(=O)(=O)C2CC2)c1. The highest BCUT2D eigenvalue weighted by molar-refractivity contribution is 7.93. The lowest BCUT2D eigenvalue weighted by atomic mass is 9.85. The third-order valence-electron chi connectivity index (χ3n) is 7.63. The van der Waals surface area contributed by atoms with Crippen molar-refractivity contribution >= 4 is 25.6 Å². The Labute approximate surface area is 230 Å². The number of carbonyl (C=O) groups excluding carboxylic acids is 1. The Morgan fingerprint density at radius 1 is 1.02 bits per heavy atom. The summed E-state index contributed by atoms with van der Waals surface area (Å²) in [5.41, 5.74) is -1.04. The Morgan fingerprint density at radius 2 is 1.65 bits per heavy atom. The van der Waals surface area contributed by atoms with Crippen LogP contribution in [0.4, 0.5) is 17.6 Å². The summed E-state index contributed by atoms with van der Waals surface area (Å²) in [6, 6.07) is 5.69. The summed E-state index contributed by atoms with van der Waals surface area (Å²) < 4.78 is 109. The summed E-state index contributed by atoms with van der Waals surface area (Å²) in [4.78, 5) is 17.9. The molecule has 1 aromatic carbocycles. The van der Waals surface area contributed by atoms with E-state index in [1.807, 2.05) is 0 Å². The summed E-state index contributed by atoms with van der Waals surface area (Å²) >= 11 is 0. The predicted molar refractivity (Wildman–Crippen MR) is 137 cm³/mol. The van der Waals surface area contributed by atoms with Gasteiger partial charge in [-0.15, -0.1) is 0 Å². The van der Waals surface area contributed by atoms with Gasteiger partial charge >= 0.3 is 6.61 Å². The van der Waals surface area contributed by atoms with Gasteiger partial charge in [-0.05, 0) is 69.7 Å². The summed E-state index contributed by atoms with van der Waals surface area (Å²) in [5.74, 6) is -4.82. The fourth-order valence-electron chi connectivity index (χ4n) is 4.89. The van der Waals surface area contributed by atoms with Crippen LogP contribution in [0.25, 0.3) is 0 Å². The van der Waals surface area contributed by atoms with E-state index in [9.17, 15) is 39.2 Å². The zero-order valence-corrected chi connectivity index (χ0v) is 23.7. The summed E-state index contributed by atoms with van der Waals surface area (Å²) in [6.07, 6.45) is 2.01. The zero-order chi connectivity index (χ0) is 29.7. The van der Waals surface area contributed by atoms with E-state index >= 15 is 0 Å². The fraction of sp³-hybridized carbons (Fsp3) is 0.538. The molecule has 2 heterocycles. The number of rotatable bonds is 9.